The van der Waals surface area contributed by atoms with E-state index in [0.717, 1.165) is 18.5 Å². The normalized spacial score (nSPS) is 20.9. The molecule has 0 radical (unpaired) electrons. The second-order valence-electron chi connectivity index (χ2n) is 7.54. The first-order valence-corrected chi connectivity index (χ1v) is 9.74. The van der Waals surface area contributed by atoms with E-state index in [1.165, 1.54) is 11.1 Å². The minimum atomic E-state index is -0.292. The molecule has 2 aromatic rings. The van der Waals surface area contributed by atoms with Crippen LogP contribution in [0.2, 0.25) is 0 Å². The fourth-order valence-electron chi connectivity index (χ4n) is 4.32. The van der Waals surface area contributed by atoms with Gasteiger partial charge in [-0.05, 0) is 36.1 Å². The van der Waals surface area contributed by atoms with Gasteiger partial charge in [-0.3, -0.25) is 9.59 Å². The quantitative estimate of drug-likeness (QED) is 0.805. The third-order valence-corrected chi connectivity index (χ3v) is 5.87. The van der Waals surface area contributed by atoms with Crippen molar-refractivity contribution in [3.8, 4) is 11.5 Å². The van der Waals surface area contributed by atoms with Gasteiger partial charge in [0.15, 0.2) is 11.5 Å². The van der Waals surface area contributed by atoms with Gasteiger partial charge in [-0.25, -0.2) is 0 Å². The Morgan fingerprint density at radius 3 is 2.43 bits per heavy atom. The molecule has 5 rings (SSSR count). The molecule has 0 spiro atoms. The number of anilines is 1. The number of ether oxygens (including phenoxy) is 2. The Labute approximate surface area is 163 Å². The summed E-state index contributed by atoms with van der Waals surface area (Å²) in [6.07, 6.45) is 2.00. The molecule has 1 atom stereocenters. The van der Waals surface area contributed by atoms with E-state index in [9.17, 15) is 9.59 Å². The molecule has 1 unspecified atom stereocenters. The number of benzene rings is 2. The van der Waals surface area contributed by atoms with Crippen molar-refractivity contribution in [2.45, 2.75) is 19.3 Å². The number of amides is 2. The molecule has 28 heavy (non-hydrogen) atoms. The van der Waals surface area contributed by atoms with Crippen LogP contribution in [0.1, 0.15) is 17.5 Å². The van der Waals surface area contributed by atoms with Crippen LogP contribution in [0.5, 0.6) is 11.5 Å². The minimum Gasteiger partial charge on any atom is -0.454 e. The van der Waals surface area contributed by atoms with Crippen molar-refractivity contribution < 1.29 is 19.1 Å². The Hall–Kier alpha value is -3.02. The van der Waals surface area contributed by atoms with Gasteiger partial charge in [0.05, 0.1) is 5.92 Å². The smallest absolute Gasteiger partial charge is 0.231 e. The van der Waals surface area contributed by atoms with Gasteiger partial charge in [0.2, 0.25) is 18.6 Å². The van der Waals surface area contributed by atoms with Gasteiger partial charge in [-0.15, -0.1) is 0 Å². The van der Waals surface area contributed by atoms with E-state index >= 15 is 0 Å². The number of hydrogen-bond donors (Lipinski definition) is 0. The first-order chi connectivity index (χ1) is 13.7. The summed E-state index contributed by atoms with van der Waals surface area (Å²) in [5.41, 5.74) is 3.40. The van der Waals surface area contributed by atoms with Crippen molar-refractivity contribution in [2.75, 3.05) is 31.3 Å². The maximum absolute atomic E-state index is 13.1. The zero-order chi connectivity index (χ0) is 19.1. The molecule has 2 amide bonds. The van der Waals surface area contributed by atoms with Crippen LogP contribution < -0.4 is 14.4 Å². The highest BCUT2D eigenvalue weighted by Gasteiger charge is 2.38. The first kappa shape index (κ1) is 17.1. The van der Waals surface area contributed by atoms with E-state index in [4.69, 9.17) is 9.47 Å². The van der Waals surface area contributed by atoms with Crippen LogP contribution in [0.15, 0.2) is 42.5 Å². The SMILES string of the molecule is O=C(C1CC(=O)N(c2ccc3c(c2)OCO3)C1)N1CCc2ccccc2CC1. The van der Waals surface area contributed by atoms with Crippen LogP contribution in [0, 0.1) is 5.92 Å². The lowest BCUT2D eigenvalue weighted by Gasteiger charge is -2.24. The highest BCUT2D eigenvalue weighted by Crippen LogP contribution is 2.37. The molecule has 1 saturated heterocycles. The van der Waals surface area contributed by atoms with Gasteiger partial charge in [-0.1, -0.05) is 24.3 Å². The van der Waals surface area contributed by atoms with Gasteiger partial charge in [0, 0.05) is 37.8 Å². The van der Waals surface area contributed by atoms with Crippen molar-refractivity contribution in [1.82, 2.24) is 4.90 Å². The molecule has 0 aromatic heterocycles. The molecular weight excluding hydrogens is 356 g/mol. The molecule has 6 heteroatoms. The number of carbonyl (C=O) groups excluding carboxylic acids is 2. The molecule has 3 heterocycles. The second kappa shape index (κ2) is 6.86. The Morgan fingerprint density at radius 1 is 0.964 bits per heavy atom. The molecule has 1 fully saturated rings. The fraction of sp³-hybridized carbons (Fsp3) is 0.364. The Kier molecular flexibility index (Phi) is 4.19. The number of nitrogens with zero attached hydrogens (tertiary/aromatic N) is 2. The highest BCUT2D eigenvalue weighted by molar-refractivity contribution is 6.00. The number of carbonyl (C=O) groups is 2. The summed E-state index contributed by atoms with van der Waals surface area (Å²) in [4.78, 5) is 29.3. The first-order valence-electron chi connectivity index (χ1n) is 9.74. The number of hydrogen-bond acceptors (Lipinski definition) is 4. The molecule has 0 saturated carbocycles. The van der Waals surface area contributed by atoms with Crippen LogP contribution in [-0.2, 0) is 22.4 Å². The average Bonchev–Trinajstić information content (AvgIpc) is 3.27. The molecule has 0 N–H and O–H groups in total. The predicted molar refractivity (Wildman–Crippen MR) is 103 cm³/mol. The van der Waals surface area contributed by atoms with Crippen molar-refractivity contribution in [3.05, 3.63) is 53.6 Å². The van der Waals surface area contributed by atoms with Crippen LogP contribution in [0.3, 0.4) is 0 Å². The van der Waals surface area contributed by atoms with Crippen LogP contribution >= 0.6 is 0 Å². The Balaban J connectivity index is 1.29. The summed E-state index contributed by atoms with van der Waals surface area (Å²) in [5.74, 6) is 1.11. The number of rotatable bonds is 2. The lowest BCUT2D eigenvalue weighted by atomic mass is 10.0. The van der Waals surface area contributed by atoms with E-state index in [1.807, 2.05) is 23.1 Å². The zero-order valence-corrected chi connectivity index (χ0v) is 15.6. The Bertz CT molecular complexity index is 915. The van der Waals surface area contributed by atoms with Crippen molar-refractivity contribution in [1.29, 1.82) is 0 Å². The topological polar surface area (TPSA) is 59.1 Å². The summed E-state index contributed by atoms with van der Waals surface area (Å²) < 4.78 is 10.7. The predicted octanol–water partition coefficient (Wildman–Crippen LogP) is 2.40. The summed E-state index contributed by atoms with van der Waals surface area (Å²) in [6, 6.07) is 13.9. The van der Waals surface area contributed by atoms with Gasteiger partial charge in [0.1, 0.15) is 0 Å². The van der Waals surface area contributed by atoms with E-state index in [0.29, 0.717) is 31.1 Å². The van der Waals surface area contributed by atoms with E-state index in [2.05, 4.69) is 24.3 Å². The lowest BCUT2D eigenvalue weighted by Crippen LogP contribution is -2.39. The zero-order valence-electron chi connectivity index (χ0n) is 15.6. The van der Waals surface area contributed by atoms with Crippen molar-refractivity contribution in [2.24, 2.45) is 5.92 Å². The maximum Gasteiger partial charge on any atom is 0.231 e. The van der Waals surface area contributed by atoms with Gasteiger partial charge in [0.25, 0.3) is 0 Å². The van der Waals surface area contributed by atoms with Crippen LogP contribution in [0.4, 0.5) is 5.69 Å². The van der Waals surface area contributed by atoms with Crippen LogP contribution in [-0.4, -0.2) is 43.1 Å². The number of fused-ring (bicyclic) bond motifs is 2. The lowest BCUT2D eigenvalue weighted by molar-refractivity contribution is -0.135. The van der Waals surface area contributed by atoms with Crippen molar-refractivity contribution in [3.63, 3.8) is 0 Å². The van der Waals surface area contributed by atoms with E-state index < -0.39 is 0 Å². The Morgan fingerprint density at radius 2 is 1.68 bits per heavy atom. The van der Waals surface area contributed by atoms with E-state index in [-0.39, 0.29) is 30.9 Å². The molecule has 3 aliphatic heterocycles. The third kappa shape index (κ3) is 2.99. The van der Waals surface area contributed by atoms with Gasteiger partial charge in [-0.2, -0.15) is 0 Å². The van der Waals surface area contributed by atoms with Crippen LogP contribution in [0.25, 0.3) is 0 Å². The highest BCUT2D eigenvalue weighted by atomic mass is 16.7. The fourth-order valence-corrected chi connectivity index (χ4v) is 4.32. The molecule has 2 aromatic carbocycles. The second-order valence-corrected chi connectivity index (χ2v) is 7.54. The maximum atomic E-state index is 13.1. The van der Waals surface area contributed by atoms with E-state index in [1.54, 1.807) is 4.90 Å². The standard InChI is InChI=1S/C22H22N2O4/c25-21-11-17(13-24(21)18-5-6-19-20(12-18)28-14-27-19)22(26)23-9-7-15-3-1-2-4-16(15)8-10-23/h1-6,12,17H,7-11,13-14H2. The molecule has 3 aliphatic rings. The summed E-state index contributed by atoms with van der Waals surface area (Å²) >= 11 is 0. The summed E-state index contributed by atoms with van der Waals surface area (Å²) in [6.45, 7) is 2.04. The molecule has 0 aliphatic carbocycles. The molecule has 6 nitrogen and oxygen atoms in total. The van der Waals surface area contributed by atoms with Crippen molar-refractivity contribution >= 4 is 17.5 Å². The molecular formula is C22H22N2O4. The monoisotopic (exact) mass is 378 g/mol. The summed E-state index contributed by atoms with van der Waals surface area (Å²) in [7, 11) is 0. The van der Waals surface area contributed by atoms with Gasteiger partial charge < -0.3 is 19.3 Å². The molecule has 144 valence electrons. The summed E-state index contributed by atoms with van der Waals surface area (Å²) in [5, 5.41) is 0. The largest absolute Gasteiger partial charge is 0.454 e. The third-order valence-electron chi connectivity index (χ3n) is 5.87. The molecule has 0 bridgehead atoms. The average molecular weight is 378 g/mol. The minimum absolute atomic E-state index is 0.0182. The van der Waals surface area contributed by atoms with Gasteiger partial charge >= 0.3 is 0 Å².